The normalized spacial score (nSPS) is 37.1. The molecule has 0 aliphatic carbocycles. The summed E-state index contributed by atoms with van der Waals surface area (Å²) < 4.78 is 5.85. The number of hydrogen-bond acceptors (Lipinski definition) is 3. The molecule has 3 atom stereocenters. The highest BCUT2D eigenvalue weighted by atomic mass is 16.5. The number of hydrogen-bond donors (Lipinski definition) is 1. The van der Waals surface area contributed by atoms with E-state index in [-0.39, 0.29) is 5.54 Å². The van der Waals surface area contributed by atoms with Gasteiger partial charge >= 0.3 is 0 Å². The van der Waals surface area contributed by atoms with Gasteiger partial charge in [-0.2, -0.15) is 0 Å². The van der Waals surface area contributed by atoms with Gasteiger partial charge in [0, 0.05) is 37.8 Å². The SMILES string of the molecule is CCC1(C)CN(CC2CCCO2)C(CC(C)C)CN1. The van der Waals surface area contributed by atoms with Crippen molar-refractivity contribution < 1.29 is 4.74 Å². The first-order valence-corrected chi connectivity index (χ1v) is 8.13. The largest absolute Gasteiger partial charge is 0.377 e. The van der Waals surface area contributed by atoms with Crippen LogP contribution in [0.25, 0.3) is 0 Å². The average Bonchev–Trinajstić information content (AvgIpc) is 2.85. The molecule has 0 bridgehead atoms. The van der Waals surface area contributed by atoms with Gasteiger partial charge in [0.1, 0.15) is 0 Å². The lowest BCUT2D eigenvalue weighted by Crippen LogP contribution is -2.63. The van der Waals surface area contributed by atoms with Crippen molar-refractivity contribution in [3.8, 4) is 0 Å². The van der Waals surface area contributed by atoms with Crippen LogP contribution in [0.1, 0.15) is 53.4 Å². The van der Waals surface area contributed by atoms with Crippen molar-refractivity contribution in [2.75, 3.05) is 26.2 Å². The molecule has 3 unspecified atom stereocenters. The molecule has 0 amide bonds. The first kappa shape index (κ1) is 15.3. The van der Waals surface area contributed by atoms with Crippen molar-refractivity contribution >= 4 is 0 Å². The summed E-state index contributed by atoms with van der Waals surface area (Å²) in [6, 6.07) is 0.684. The van der Waals surface area contributed by atoms with Gasteiger partial charge in [-0.1, -0.05) is 20.8 Å². The average molecular weight is 268 g/mol. The van der Waals surface area contributed by atoms with E-state index in [1.807, 2.05) is 0 Å². The maximum atomic E-state index is 5.85. The van der Waals surface area contributed by atoms with Crippen molar-refractivity contribution in [3.05, 3.63) is 0 Å². The predicted molar refractivity (Wildman–Crippen MR) is 80.5 cm³/mol. The van der Waals surface area contributed by atoms with Crippen molar-refractivity contribution in [1.29, 1.82) is 0 Å². The lowest BCUT2D eigenvalue weighted by molar-refractivity contribution is 0.0165. The quantitative estimate of drug-likeness (QED) is 0.829. The summed E-state index contributed by atoms with van der Waals surface area (Å²) in [6.45, 7) is 13.7. The van der Waals surface area contributed by atoms with Crippen molar-refractivity contribution in [1.82, 2.24) is 10.2 Å². The van der Waals surface area contributed by atoms with E-state index in [1.54, 1.807) is 0 Å². The van der Waals surface area contributed by atoms with Gasteiger partial charge in [0.2, 0.25) is 0 Å². The summed E-state index contributed by atoms with van der Waals surface area (Å²) in [4.78, 5) is 2.70. The first-order chi connectivity index (χ1) is 9.02. The summed E-state index contributed by atoms with van der Waals surface area (Å²) in [5, 5.41) is 3.77. The van der Waals surface area contributed by atoms with Crippen LogP contribution in [-0.4, -0.2) is 48.8 Å². The third kappa shape index (κ3) is 4.17. The Morgan fingerprint density at radius 2 is 2.21 bits per heavy atom. The second-order valence-corrected chi connectivity index (χ2v) is 7.14. The van der Waals surface area contributed by atoms with Crippen LogP contribution < -0.4 is 5.32 Å². The van der Waals surface area contributed by atoms with E-state index in [0.717, 1.165) is 25.6 Å². The van der Waals surface area contributed by atoms with E-state index in [0.29, 0.717) is 12.1 Å². The lowest BCUT2D eigenvalue weighted by Gasteiger charge is -2.47. The summed E-state index contributed by atoms with van der Waals surface area (Å²) in [6.07, 6.45) is 5.47. The zero-order chi connectivity index (χ0) is 13.9. The van der Waals surface area contributed by atoms with Gasteiger partial charge in [0.15, 0.2) is 0 Å². The van der Waals surface area contributed by atoms with Crippen LogP contribution >= 0.6 is 0 Å². The zero-order valence-corrected chi connectivity index (χ0v) is 13.2. The Kier molecular flexibility index (Phi) is 5.27. The molecule has 2 aliphatic heterocycles. The van der Waals surface area contributed by atoms with Gasteiger partial charge in [0.05, 0.1) is 6.10 Å². The van der Waals surface area contributed by atoms with Crippen LogP contribution in [0.15, 0.2) is 0 Å². The third-order valence-corrected chi connectivity index (χ3v) is 4.82. The highest BCUT2D eigenvalue weighted by Gasteiger charge is 2.36. The third-order valence-electron chi connectivity index (χ3n) is 4.82. The molecule has 3 heteroatoms. The Hall–Kier alpha value is -0.120. The van der Waals surface area contributed by atoms with Gasteiger partial charge < -0.3 is 10.1 Å². The molecular weight excluding hydrogens is 236 g/mol. The molecule has 0 aromatic carbocycles. The monoisotopic (exact) mass is 268 g/mol. The van der Waals surface area contributed by atoms with Crippen LogP contribution in [0.2, 0.25) is 0 Å². The molecule has 2 saturated heterocycles. The van der Waals surface area contributed by atoms with Gasteiger partial charge in [-0.3, -0.25) is 4.90 Å². The van der Waals surface area contributed by atoms with Crippen LogP contribution in [-0.2, 0) is 4.74 Å². The Bertz CT molecular complexity index is 276. The topological polar surface area (TPSA) is 24.5 Å². The van der Waals surface area contributed by atoms with Gasteiger partial charge in [-0.05, 0) is 38.5 Å². The first-order valence-electron chi connectivity index (χ1n) is 8.13. The predicted octanol–water partition coefficient (Wildman–Crippen LogP) is 2.65. The molecule has 0 saturated carbocycles. The Balaban J connectivity index is 1.97. The van der Waals surface area contributed by atoms with E-state index in [9.17, 15) is 0 Å². The summed E-state index contributed by atoms with van der Waals surface area (Å²) in [5.74, 6) is 0.768. The Morgan fingerprint density at radius 3 is 2.79 bits per heavy atom. The summed E-state index contributed by atoms with van der Waals surface area (Å²) in [7, 11) is 0. The highest BCUT2D eigenvalue weighted by Crippen LogP contribution is 2.24. The van der Waals surface area contributed by atoms with E-state index in [4.69, 9.17) is 4.74 Å². The second-order valence-electron chi connectivity index (χ2n) is 7.14. The fourth-order valence-electron chi connectivity index (χ4n) is 3.40. The minimum absolute atomic E-state index is 0.284. The molecule has 0 spiro atoms. The molecule has 1 N–H and O–H groups in total. The molecule has 2 fully saturated rings. The highest BCUT2D eigenvalue weighted by molar-refractivity contribution is 4.95. The van der Waals surface area contributed by atoms with Crippen LogP contribution in [0.5, 0.6) is 0 Å². The van der Waals surface area contributed by atoms with Gasteiger partial charge in [-0.15, -0.1) is 0 Å². The van der Waals surface area contributed by atoms with Crippen LogP contribution in [0.3, 0.4) is 0 Å². The minimum atomic E-state index is 0.284. The maximum absolute atomic E-state index is 5.85. The van der Waals surface area contributed by atoms with Crippen LogP contribution in [0.4, 0.5) is 0 Å². The molecule has 2 aliphatic rings. The maximum Gasteiger partial charge on any atom is 0.0702 e. The molecule has 19 heavy (non-hydrogen) atoms. The number of rotatable bonds is 5. The summed E-state index contributed by atoms with van der Waals surface area (Å²) >= 11 is 0. The molecule has 112 valence electrons. The molecular formula is C16H32N2O. The smallest absolute Gasteiger partial charge is 0.0702 e. The standard InChI is InChI=1S/C16H32N2O/c1-5-16(4)12-18(11-15-7-6-8-19-15)14(10-17-16)9-13(2)3/h13-15,17H,5-12H2,1-4H3. The summed E-state index contributed by atoms with van der Waals surface area (Å²) in [5.41, 5.74) is 0.284. The number of nitrogens with one attached hydrogen (secondary N) is 1. The van der Waals surface area contributed by atoms with E-state index in [2.05, 4.69) is 37.9 Å². The molecule has 0 aromatic rings. The molecule has 0 radical (unpaired) electrons. The van der Waals surface area contributed by atoms with Crippen molar-refractivity contribution in [3.63, 3.8) is 0 Å². The lowest BCUT2D eigenvalue weighted by atomic mass is 9.90. The van der Waals surface area contributed by atoms with E-state index < -0.39 is 0 Å². The van der Waals surface area contributed by atoms with Gasteiger partial charge in [0.25, 0.3) is 0 Å². The van der Waals surface area contributed by atoms with Crippen molar-refractivity contribution in [2.45, 2.75) is 71.1 Å². The zero-order valence-electron chi connectivity index (χ0n) is 13.2. The fraction of sp³-hybridized carbons (Fsp3) is 1.00. The molecule has 3 nitrogen and oxygen atoms in total. The molecule has 0 aromatic heterocycles. The Labute approximate surface area is 119 Å². The van der Waals surface area contributed by atoms with E-state index in [1.165, 1.54) is 32.2 Å². The number of piperazine rings is 1. The fourth-order valence-corrected chi connectivity index (χ4v) is 3.40. The van der Waals surface area contributed by atoms with Crippen LogP contribution in [0, 0.1) is 5.92 Å². The molecule has 2 heterocycles. The number of ether oxygens (including phenoxy) is 1. The van der Waals surface area contributed by atoms with Gasteiger partial charge in [-0.25, -0.2) is 0 Å². The minimum Gasteiger partial charge on any atom is -0.377 e. The van der Waals surface area contributed by atoms with E-state index >= 15 is 0 Å². The van der Waals surface area contributed by atoms with Crippen molar-refractivity contribution in [2.24, 2.45) is 5.92 Å². The number of nitrogens with zero attached hydrogens (tertiary/aromatic N) is 1. The molecule has 2 rings (SSSR count). The second kappa shape index (κ2) is 6.55. The Morgan fingerprint density at radius 1 is 1.42 bits per heavy atom.